The molecule has 1 aromatic rings. The van der Waals surface area contributed by atoms with Crippen molar-refractivity contribution in [2.45, 2.75) is 38.4 Å². The summed E-state index contributed by atoms with van der Waals surface area (Å²) in [6.45, 7) is 4.90. The minimum absolute atomic E-state index is 0.237. The number of hydrogen-bond donors (Lipinski definition) is 2. The van der Waals surface area contributed by atoms with E-state index in [4.69, 9.17) is 9.90 Å². The van der Waals surface area contributed by atoms with Gasteiger partial charge in [-0.3, -0.25) is 4.79 Å². The van der Waals surface area contributed by atoms with Crippen LogP contribution in [0.15, 0.2) is 18.2 Å². The van der Waals surface area contributed by atoms with Gasteiger partial charge in [-0.1, -0.05) is 25.5 Å². The molecule has 2 aliphatic heterocycles. The number of aryl methyl sites for hydroxylation is 1. The highest BCUT2D eigenvalue weighted by Crippen LogP contribution is 2.27. The van der Waals surface area contributed by atoms with Crippen LogP contribution < -0.4 is 5.32 Å². The topological polar surface area (TPSA) is 69.6 Å². The maximum atomic E-state index is 12.5. The number of carboxylic acids is 1. The van der Waals surface area contributed by atoms with Crippen molar-refractivity contribution in [2.75, 3.05) is 19.6 Å². The first-order valence-corrected chi connectivity index (χ1v) is 8.18. The van der Waals surface area contributed by atoms with Crippen LogP contribution in [-0.4, -0.2) is 53.7 Å². The first-order chi connectivity index (χ1) is 11.8. The Balaban J connectivity index is 0.000000277. The van der Waals surface area contributed by atoms with Gasteiger partial charge in [0.05, 0.1) is 0 Å². The first kappa shape index (κ1) is 19.2. The van der Waals surface area contributed by atoms with Gasteiger partial charge in [0, 0.05) is 31.2 Å². The molecule has 0 unspecified atom stereocenters. The second kappa shape index (κ2) is 7.86. The first-order valence-electron chi connectivity index (χ1n) is 8.18. The molecule has 1 fully saturated rings. The number of piperazine rings is 1. The molecule has 5 nitrogen and oxygen atoms in total. The summed E-state index contributed by atoms with van der Waals surface area (Å²) in [4.78, 5) is 23.5. The summed E-state index contributed by atoms with van der Waals surface area (Å²) in [5.41, 5.74) is 3.61. The number of aliphatic carboxylic acids is 1. The van der Waals surface area contributed by atoms with Gasteiger partial charge in [-0.25, -0.2) is 4.79 Å². The molecule has 1 amide bonds. The fraction of sp³-hybridized carbons (Fsp3) is 0.529. The zero-order valence-electron chi connectivity index (χ0n) is 13.9. The van der Waals surface area contributed by atoms with E-state index in [0.717, 1.165) is 44.5 Å². The Morgan fingerprint density at radius 1 is 1.40 bits per heavy atom. The summed E-state index contributed by atoms with van der Waals surface area (Å²) >= 11 is 0. The number of benzene rings is 1. The van der Waals surface area contributed by atoms with Crippen LogP contribution in [0.3, 0.4) is 0 Å². The van der Waals surface area contributed by atoms with E-state index in [-0.39, 0.29) is 5.91 Å². The Kier molecular flexibility index (Phi) is 6.05. The molecule has 1 saturated heterocycles. The number of nitrogens with zero attached hydrogens (tertiary/aromatic N) is 1. The number of carbonyl (C=O) groups excluding carboxylic acids is 1. The highest BCUT2D eigenvalue weighted by atomic mass is 19.4. The van der Waals surface area contributed by atoms with Crippen molar-refractivity contribution >= 4 is 11.9 Å². The molecular formula is C17H21F3N2O3. The smallest absolute Gasteiger partial charge is 0.475 e. The molecule has 0 radical (unpaired) electrons. The second-order valence-electron chi connectivity index (χ2n) is 6.06. The van der Waals surface area contributed by atoms with Crippen molar-refractivity contribution in [2.24, 2.45) is 0 Å². The summed E-state index contributed by atoms with van der Waals surface area (Å²) in [5.74, 6) is -2.52. The van der Waals surface area contributed by atoms with Crippen molar-refractivity contribution in [1.82, 2.24) is 10.2 Å². The molecule has 8 heteroatoms. The average molecular weight is 358 g/mol. The summed E-state index contributed by atoms with van der Waals surface area (Å²) in [6, 6.07) is 6.57. The largest absolute Gasteiger partial charge is 0.490 e. The third-order valence-corrected chi connectivity index (χ3v) is 4.32. The Bertz CT molecular complexity index is 647. The number of halogens is 3. The van der Waals surface area contributed by atoms with Crippen molar-refractivity contribution < 1.29 is 27.9 Å². The van der Waals surface area contributed by atoms with E-state index in [9.17, 15) is 18.0 Å². The van der Waals surface area contributed by atoms with Gasteiger partial charge in [0.25, 0.3) is 5.91 Å². The maximum absolute atomic E-state index is 12.5. The number of fused-ring (bicyclic) bond motifs is 2. The van der Waals surface area contributed by atoms with Gasteiger partial charge in [0.2, 0.25) is 0 Å². The summed E-state index contributed by atoms with van der Waals surface area (Å²) < 4.78 is 31.7. The zero-order chi connectivity index (χ0) is 18.6. The number of carboxylic acid groups (broad SMARTS) is 1. The molecule has 0 saturated carbocycles. The molecule has 2 aliphatic rings. The van der Waals surface area contributed by atoms with Crippen LogP contribution in [0, 0.1) is 0 Å². The molecule has 0 aliphatic carbocycles. The van der Waals surface area contributed by atoms with Crippen LogP contribution in [0.4, 0.5) is 13.2 Å². The van der Waals surface area contributed by atoms with Gasteiger partial charge < -0.3 is 15.3 Å². The Morgan fingerprint density at radius 2 is 2.08 bits per heavy atom. The summed E-state index contributed by atoms with van der Waals surface area (Å²) in [7, 11) is 0. The van der Waals surface area contributed by atoms with Crippen molar-refractivity contribution in [3.05, 3.63) is 34.9 Å². The van der Waals surface area contributed by atoms with Crippen molar-refractivity contribution in [3.8, 4) is 0 Å². The second-order valence-corrected chi connectivity index (χ2v) is 6.06. The molecule has 3 rings (SSSR count). The SMILES string of the molecule is CCCc1cccc2c1C[C@@H]1CNCCN1C2=O.O=C(O)C(F)(F)F. The Labute approximate surface area is 143 Å². The fourth-order valence-electron chi connectivity index (χ4n) is 3.18. The molecule has 1 aromatic carbocycles. The van der Waals surface area contributed by atoms with Gasteiger partial charge in [-0.05, 0) is 30.0 Å². The van der Waals surface area contributed by atoms with Crippen LogP contribution in [0.2, 0.25) is 0 Å². The number of hydrogen-bond acceptors (Lipinski definition) is 3. The predicted octanol–water partition coefficient (Wildman–Crippen LogP) is 2.24. The molecule has 2 heterocycles. The van der Waals surface area contributed by atoms with Gasteiger partial charge >= 0.3 is 12.1 Å². The van der Waals surface area contributed by atoms with Gasteiger partial charge in [0.1, 0.15) is 0 Å². The number of alkyl halides is 3. The van der Waals surface area contributed by atoms with E-state index in [2.05, 4.69) is 23.2 Å². The number of rotatable bonds is 2. The Hall–Kier alpha value is -2.09. The minimum Gasteiger partial charge on any atom is -0.475 e. The van der Waals surface area contributed by atoms with E-state index in [1.54, 1.807) is 0 Å². The average Bonchev–Trinajstić information content (AvgIpc) is 2.56. The van der Waals surface area contributed by atoms with Gasteiger partial charge in [-0.15, -0.1) is 0 Å². The zero-order valence-corrected chi connectivity index (χ0v) is 13.9. The molecule has 25 heavy (non-hydrogen) atoms. The van der Waals surface area contributed by atoms with E-state index < -0.39 is 12.1 Å². The van der Waals surface area contributed by atoms with Crippen LogP contribution in [0.5, 0.6) is 0 Å². The molecule has 0 bridgehead atoms. The Morgan fingerprint density at radius 3 is 2.68 bits per heavy atom. The van der Waals surface area contributed by atoms with E-state index in [0.29, 0.717) is 6.04 Å². The lowest BCUT2D eigenvalue weighted by Crippen LogP contribution is -2.56. The maximum Gasteiger partial charge on any atom is 0.490 e. The van der Waals surface area contributed by atoms with Crippen LogP contribution in [-0.2, 0) is 17.6 Å². The standard InChI is InChI=1S/C15H20N2O.C2HF3O2/c1-2-4-11-5-3-6-13-14(11)9-12-10-16-7-8-17(12)15(13)18;3-2(4,5)1(6)7/h3,5-6,12,16H,2,4,7-10H2,1H3;(H,6,7)/t12-;/m1./s1. The summed E-state index contributed by atoms with van der Waals surface area (Å²) in [5, 5.41) is 10.5. The molecule has 2 N–H and O–H groups in total. The van der Waals surface area contributed by atoms with E-state index >= 15 is 0 Å². The highest BCUT2D eigenvalue weighted by Gasteiger charge is 2.38. The lowest BCUT2D eigenvalue weighted by Gasteiger charge is -2.40. The lowest BCUT2D eigenvalue weighted by molar-refractivity contribution is -0.192. The number of nitrogens with one attached hydrogen (secondary N) is 1. The van der Waals surface area contributed by atoms with Crippen molar-refractivity contribution in [3.63, 3.8) is 0 Å². The third-order valence-electron chi connectivity index (χ3n) is 4.32. The van der Waals surface area contributed by atoms with E-state index in [1.807, 2.05) is 12.1 Å². The van der Waals surface area contributed by atoms with Crippen LogP contribution in [0.25, 0.3) is 0 Å². The lowest BCUT2D eigenvalue weighted by atomic mass is 9.87. The van der Waals surface area contributed by atoms with Crippen LogP contribution in [0.1, 0.15) is 34.8 Å². The number of carbonyl (C=O) groups is 2. The van der Waals surface area contributed by atoms with Crippen LogP contribution >= 0.6 is 0 Å². The normalized spacial score (nSPS) is 19.4. The predicted molar refractivity (Wildman–Crippen MR) is 85.5 cm³/mol. The molecular weight excluding hydrogens is 337 g/mol. The number of amides is 1. The molecule has 1 atom stereocenters. The van der Waals surface area contributed by atoms with Gasteiger partial charge in [0.15, 0.2) is 0 Å². The summed E-state index contributed by atoms with van der Waals surface area (Å²) in [6.07, 6.45) is -1.85. The molecule has 138 valence electrons. The monoisotopic (exact) mass is 358 g/mol. The molecule has 0 spiro atoms. The minimum atomic E-state index is -5.08. The molecule has 0 aromatic heterocycles. The fourth-order valence-corrected chi connectivity index (χ4v) is 3.18. The van der Waals surface area contributed by atoms with Crippen molar-refractivity contribution in [1.29, 1.82) is 0 Å². The third kappa shape index (κ3) is 4.50. The van der Waals surface area contributed by atoms with E-state index in [1.165, 1.54) is 11.1 Å². The van der Waals surface area contributed by atoms with Gasteiger partial charge in [-0.2, -0.15) is 13.2 Å². The quantitative estimate of drug-likeness (QED) is 0.851. The highest BCUT2D eigenvalue weighted by molar-refractivity contribution is 5.97.